The number of amides is 1. The number of likely N-dealkylation sites (tertiary alicyclic amines) is 1. The second-order valence-corrected chi connectivity index (χ2v) is 5.43. The molecule has 1 aromatic rings. The lowest BCUT2D eigenvalue weighted by Crippen LogP contribution is -2.40. The Morgan fingerprint density at radius 1 is 1.45 bits per heavy atom. The second kappa shape index (κ2) is 8.08. The van der Waals surface area contributed by atoms with Crippen molar-refractivity contribution in [3.8, 4) is 5.88 Å². The van der Waals surface area contributed by atoms with Gasteiger partial charge in [-0.3, -0.25) is 9.69 Å². The lowest BCUT2D eigenvalue weighted by atomic mass is 10.2. The fraction of sp³-hybridized carbons (Fsp3) is 0.688. The van der Waals surface area contributed by atoms with E-state index in [0.717, 1.165) is 25.9 Å². The molecule has 2 heterocycles. The van der Waals surface area contributed by atoms with E-state index in [1.807, 2.05) is 13.8 Å². The van der Waals surface area contributed by atoms with Crippen molar-refractivity contribution in [2.24, 2.45) is 0 Å². The van der Waals surface area contributed by atoms with Crippen molar-refractivity contribution in [1.82, 2.24) is 20.2 Å². The fourth-order valence-electron chi connectivity index (χ4n) is 2.82. The van der Waals surface area contributed by atoms with E-state index in [1.54, 1.807) is 6.20 Å². The number of nitrogens with one attached hydrogen (secondary N) is 1. The largest absolute Gasteiger partial charge is 0.477 e. The summed E-state index contributed by atoms with van der Waals surface area (Å²) in [4.78, 5) is 23.3. The lowest BCUT2D eigenvalue weighted by molar-refractivity contribution is 0.0936. The molecule has 0 bridgehead atoms. The topological polar surface area (TPSA) is 67.3 Å². The van der Waals surface area contributed by atoms with Crippen molar-refractivity contribution in [2.75, 3.05) is 26.2 Å². The van der Waals surface area contributed by atoms with E-state index in [9.17, 15) is 4.79 Å². The number of likely N-dealkylation sites (N-methyl/N-ethyl adjacent to an activating group) is 1. The van der Waals surface area contributed by atoms with Gasteiger partial charge in [-0.25, -0.2) is 4.98 Å². The summed E-state index contributed by atoms with van der Waals surface area (Å²) >= 11 is 0. The molecular weight excluding hydrogens is 280 g/mol. The first kappa shape index (κ1) is 16.7. The molecule has 0 aromatic carbocycles. The van der Waals surface area contributed by atoms with E-state index in [-0.39, 0.29) is 5.91 Å². The molecule has 1 aromatic heterocycles. The SMILES string of the molecule is CCOc1nc(CC)ncc1C(=O)NCC1CCCN1CC. The smallest absolute Gasteiger partial charge is 0.258 e. The summed E-state index contributed by atoms with van der Waals surface area (Å²) in [7, 11) is 0. The van der Waals surface area contributed by atoms with Gasteiger partial charge in [-0.2, -0.15) is 4.98 Å². The maximum absolute atomic E-state index is 12.4. The molecule has 1 fully saturated rings. The van der Waals surface area contributed by atoms with Gasteiger partial charge in [0.05, 0.1) is 6.61 Å². The molecule has 122 valence electrons. The van der Waals surface area contributed by atoms with Gasteiger partial charge in [0.2, 0.25) is 5.88 Å². The highest BCUT2D eigenvalue weighted by Gasteiger charge is 2.24. The van der Waals surface area contributed by atoms with Crippen LogP contribution in [-0.2, 0) is 6.42 Å². The zero-order chi connectivity index (χ0) is 15.9. The van der Waals surface area contributed by atoms with Gasteiger partial charge in [-0.15, -0.1) is 0 Å². The van der Waals surface area contributed by atoms with Crippen molar-refractivity contribution in [3.63, 3.8) is 0 Å². The van der Waals surface area contributed by atoms with Crippen LogP contribution in [0.5, 0.6) is 5.88 Å². The summed E-state index contributed by atoms with van der Waals surface area (Å²) in [6.07, 6.45) is 4.62. The Balaban J connectivity index is 2.02. The third kappa shape index (κ3) is 3.94. The molecule has 22 heavy (non-hydrogen) atoms. The quantitative estimate of drug-likeness (QED) is 0.829. The molecule has 1 amide bonds. The van der Waals surface area contributed by atoms with Crippen LogP contribution >= 0.6 is 0 Å². The van der Waals surface area contributed by atoms with Crippen LogP contribution in [0, 0.1) is 0 Å². The minimum absolute atomic E-state index is 0.158. The van der Waals surface area contributed by atoms with E-state index in [0.29, 0.717) is 36.5 Å². The number of aromatic nitrogens is 2. The predicted molar refractivity (Wildman–Crippen MR) is 85.2 cm³/mol. The van der Waals surface area contributed by atoms with Crippen molar-refractivity contribution < 1.29 is 9.53 Å². The van der Waals surface area contributed by atoms with Crippen molar-refractivity contribution in [3.05, 3.63) is 17.6 Å². The molecule has 1 N–H and O–H groups in total. The van der Waals surface area contributed by atoms with Gasteiger partial charge in [0, 0.05) is 25.2 Å². The first-order valence-electron chi connectivity index (χ1n) is 8.20. The third-order valence-corrected chi connectivity index (χ3v) is 4.05. The van der Waals surface area contributed by atoms with Gasteiger partial charge in [-0.05, 0) is 32.9 Å². The van der Waals surface area contributed by atoms with Gasteiger partial charge in [-0.1, -0.05) is 13.8 Å². The van der Waals surface area contributed by atoms with Gasteiger partial charge < -0.3 is 10.1 Å². The van der Waals surface area contributed by atoms with Crippen LogP contribution in [0.2, 0.25) is 0 Å². The van der Waals surface area contributed by atoms with E-state index in [2.05, 4.69) is 27.1 Å². The van der Waals surface area contributed by atoms with E-state index in [1.165, 1.54) is 6.42 Å². The maximum Gasteiger partial charge on any atom is 0.258 e. The number of carbonyl (C=O) groups is 1. The van der Waals surface area contributed by atoms with Crippen molar-refractivity contribution in [1.29, 1.82) is 0 Å². The summed E-state index contributed by atoms with van der Waals surface area (Å²) in [6, 6.07) is 0.431. The number of rotatable bonds is 7. The molecule has 1 atom stereocenters. The maximum atomic E-state index is 12.4. The molecule has 6 nitrogen and oxygen atoms in total. The lowest BCUT2D eigenvalue weighted by Gasteiger charge is -2.23. The number of carbonyl (C=O) groups excluding carboxylic acids is 1. The Hall–Kier alpha value is -1.69. The highest BCUT2D eigenvalue weighted by Crippen LogP contribution is 2.17. The number of hydrogen-bond acceptors (Lipinski definition) is 5. The molecule has 1 aliphatic heterocycles. The number of aryl methyl sites for hydroxylation is 1. The zero-order valence-corrected chi connectivity index (χ0v) is 13.8. The van der Waals surface area contributed by atoms with Crippen LogP contribution in [0.3, 0.4) is 0 Å². The van der Waals surface area contributed by atoms with Gasteiger partial charge in [0.25, 0.3) is 5.91 Å². The standard InChI is InChI=1S/C16H26N4O2/c1-4-14-17-11-13(16(19-14)22-6-3)15(21)18-10-12-8-7-9-20(12)5-2/h11-12H,4-10H2,1-3H3,(H,18,21). The Labute approximate surface area is 132 Å². The van der Waals surface area contributed by atoms with Crippen molar-refractivity contribution in [2.45, 2.75) is 46.1 Å². The zero-order valence-electron chi connectivity index (χ0n) is 13.8. The normalized spacial score (nSPS) is 18.4. The van der Waals surface area contributed by atoms with Gasteiger partial charge in [0.15, 0.2) is 0 Å². The Bertz CT molecular complexity index is 507. The molecule has 1 aliphatic rings. The molecule has 6 heteroatoms. The average molecular weight is 306 g/mol. The van der Waals surface area contributed by atoms with E-state index in [4.69, 9.17) is 4.74 Å². The molecule has 0 saturated carbocycles. The molecule has 1 unspecified atom stereocenters. The summed E-state index contributed by atoms with van der Waals surface area (Å²) < 4.78 is 5.49. The molecular formula is C16H26N4O2. The second-order valence-electron chi connectivity index (χ2n) is 5.43. The molecule has 0 spiro atoms. The third-order valence-electron chi connectivity index (χ3n) is 4.05. The monoisotopic (exact) mass is 306 g/mol. The van der Waals surface area contributed by atoms with Gasteiger partial charge >= 0.3 is 0 Å². The van der Waals surface area contributed by atoms with Crippen LogP contribution in [0.1, 0.15) is 49.8 Å². The summed E-state index contributed by atoms with van der Waals surface area (Å²) in [5.41, 5.74) is 0.417. The number of ether oxygens (including phenoxy) is 1. The highest BCUT2D eigenvalue weighted by molar-refractivity contribution is 5.96. The minimum Gasteiger partial charge on any atom is -0.477 e. The summed E-state index contributed by atoms with van der Waals surface area (Å²) in [5, 5.41) is 3.00. The Kier molecular flexibility index (Phi) is 6.12. The summed E-state index contributed by atoms with van der Waals surface area (Å²) in [6.45, 7) is 9.30. The number of nitrogens with zero attached hydrogens (tertiary/aromatic N) is 3. The molecule has 1 saturated heterocycles. The predicted octanol–water partition coefficient (Wildman–Crippen LogP) is 1.65. The van der Waals surface area contributed by atoms with Crippen LogP contribution in [0.4, 0.5) is 0 Å². The van der Waals surface area contributed by atoms with E-state index < -0.39 is 0 Å². The van der Waals surface area contributed by atoms with Crippen LogP contribution in [-0.4, -0.2) is 53.1 Å². The van der Waals surface area contributed by atoms with Crippen LogP contribution in [0.15, 0.2) is 6.20 Å². The Morgan fingerprint density at radius 3 is 2.95 bits per heavy atom. The first-order chi connectivity index (χ1) is 10.7. The average Bonchev–Trinajstić information content (AvgIpc) is 3.00. The molecule has 2 rings (SSSR count). The molecule has 0 radical (unpaired) electrons. The van der Waals surface area contributed by atoms with Crippen LogP contribution in [0.25, 0.3) is 0 Å². The Morgan fingerprint density at radius 2 is 2.27 bits per heavy atom. The van der Waals surface area contributed by atoms with Gasteiger partial charge in [0.1, 0.15) is 11.4 Å². The first-order valence-corrected chi connectivity index (χ1v) is 8.20. The van der Waals surface area contributed by atoms with Crippen LogP contribution < -0.4 is 10.1 Å². The molecule has 0 aliphatic carbocycles. The van der Waals surface area contributed by atoms with E-state index >= 15 is 0 Å². The van der Waals surface area contributed by atoms with Crippen molar-refractivity contribution >= 4 is 5.91 Å². The summed E-state index contributed by atoms with van der Waals surface area (Å²) in [5.74, 6) is 0.910. The number of hydrogen-bond donors (Lipinski definition) is 1. The minimum atomic E-state index is -0.158. The fourth-order valence-corrected chi connectivity index (χ4v) is 2.82. The highest BCUT2D eigenvalue weighted by atomic mass is 16.5.